The van der Waals surface area contributed by atoms with Gasteiger partial charge in [0.25, 0.3) is 0 Å². The number of hydrogen-bond donors (Lipinski definition) is 2. The zero-order chi connectivity index (χ0) is 16.3. The predicted molar refractivity (Wildman–Crippen MR) is 98.3 cm³/mol. The van der Waals surface area contributed by atoms with Crippen LogP contribution in [0.15, 0.2) is 23.2 Å². The topological polar surface area (TPSA) is 68.2 Å². The van der Waals surface area contributed by atoms with Crippen molar-refractivity contribution >= 4 is 35.6 Å². The van der Waals surface area contributed by atoms with Gasteiger partial charge in [0.05, 0.1) is 11.4 Å². The fraction of sp³-hybridized carbons (Fsp3) is 0.333. The van der Waals surface area contributed by atoms with Gasteiger partial charge in [0.2, 0.25) is 0 Å². The Morgan fingerprint density at radius 1 is 1.35 bits per heavy atom. The fourth-order valence-corrected chi connectivity index (χ4v) is 2.24. The second-order valence-corrected chi connectivity index (χ2v) is 5.04. The van der Waals surface area contributed by atoms with E-state index in [9.17, 15) is 8.78 Å². The van der Waals surface area contributed by atoms with Gasteiger partial charge in [-0.25, -0.2) is 8.78 Å². The van der Waals surface area contributed by atoms with Gasteiger partial charge in [-0.3, -0.25) is 9.67 Å². The third kappa shape index (κ3) is 4.88. The number of rotatable bonds is 4. The van der Waals surface area contributed by atoms with Crippen LogP contribution >= 0.6 is 24.0 Å². The molecule has 0 aliphatic rings. The number of aryl methyl sites for hydroxylation is 2. The second-order valence-electron chi connectivity index (χ2n) is 5.04. The molecular weight excluding hydrogens is 415 g/mol. The third-order valence-electron chi connectivity index (χ3n) is 3.49. The molecule has 2 rings (SSSR count). The van der Waals surface area contributed by atoms with Gasteiger partial charge in [-0.05, 0) is 38.0 Å². The van der Waals surface area contributed by atoms with E-state index in [1.165, 1.54) is 0 Å². The number of guanidine groups is 1. The average molecular weight is 435 g/mol. The van der Waals surface area contributed by atoms with E-state index < -0.39 is 11.6 Å². The van der Waals surface area contributed by atoms with Crippen molar-refractivity contribution < 1.29 is 8.78 Å². The van der Waals surface area contributed by atoms with Gasteiger partial charge in [-0.2, -0.15) is 5.10 Å². The SMILES string of the molecule is Cc1nn(C)c(C)c1CCN=C(N)Nc1cc(F)ccc1F.I. The maximum Gasteiger partial charge on any atom is 0.193 e. The number of benzene rings is 1. The molecule has 1 aromatic heterocycles. The zero-order valence-electron chi connectivity index (χ0n) is 13.2. The number of anilines is 1. The van der Waals surface area contributed by atoms with Crippen molar-refractivity contribution in [2.24, 2.45) is 17.8 Å². The molecule has 0 bridgehead atoms. The largest absolute Gasteiger partial charge is 0.370 e. The quantitative estimate of drug-likeness (QED) is 0.441. The Morgan fingerprint density at radius 2 is 2.04 bits per heavy atom. The van der Waals surface area contributed by atoms with Crippen LogP contribution in [0.1, 0.15) is 17.0 Å². The lowest BCUT2D eigenvalue weighted by atomic mass is 10.1. The molecular formula is C15H20F2IN5. The van der Waals surface area contributed by atoms with Crippen molar-refractivity contribution in [2.45, 2.75) is 20.3 Å². The highest BCUT2D eigenvalue weighted by Crippen LogP contribution is 2.15. The molecule has 23 heavy (non-hydrogen) atoms. The molecule has 3 N–H and O–H groups in total. The summed E-state index contributed by atoms with van der Waals surface area (Å²) in [6.07, 6.45) is 0.680. The first-order valence-electron chi connectivity index (χ1n) is 6.89. The maximum atomic E-state index is 13.5. The first-order valence-corrected chi connectivity index (χ1v) is 6.89. The highest BCUT2D eigenvalue weighted by molar-refractivity contribution is 14.0. The number of aliphatic imine (C=N–C) groups is 1. The first-order chi connectivity index (χ1) is 10.4. The van der Waals surface area contributed by atoms with E-state index in [1.54, 1.807) is 0 Å². The summed E-state index contributed by atoms with van der Waals surface area (Å²) in [4.78, 5) is 4.13. The lowest BCUT2D eigenvalue weighted by molar-refractivity contribution is 0.604. The fourth-order valence-electron chi connectivity index (χ4n) is 2.24. The Bertz CT molecular complexity index is 712. The van der Waals surface area contributed by atoms with Gasteiger partial charge in [-0.15, -0.1) is 24.0 Å². The summed E-state index contributed by atoms with van der Waals surface area (Å²) in [7, 11) is 1.89. The molecule has 0 unspecified atom stereocenters. The van der Waals surface area contributed by atoms with Gasteiger partial charge in [0.15, 0.2) is 5.96 Å². The smallest absolute Gasteiger partial charge is 0.193 e. The summed E-state index contributed by atoms with van der Waals surface area (Å²) in [6.45, 7) is 4.36. The zero-order valence-corrected chi connectivity index (χ0v) is 15.6. The van der Waals surface area contributed by atoms with Crippen LogP contribution < -0.4 is 11.1 Å². The molecule has 1 aromatic carbocycles. The normalized spacial score (nSPS) is 11.3. The minimum absolute atomic E-state index is 0. The first kappa shape index (κ1) is 19.3. The van der Waals surface area contributed by atoms with Crippen LogP contribution in [0.3, 0.4) is 0 Å². The minimum Gasteiger partial charge on any atom is -0.370 e. The molecule has 0 aliphatic heterocycles. The molecule has 126 valence electrons. The molecule has 2 aromatic rings. The monoisotopic (exact) mass is 435 g/mol. The lowest BCUT2D eigenvalue weighted by Crippen LogP contribution is -2.23. The molecule has 0 spiro atoms. The van der Waals surface area contributed by atoms with Gasteiger partial charge < -0.3 is 11.1 Å². The molecule has 0 amide bonds. The average Bonchev–Trinajstić information content (AvgIpc) is 2.69. The van der Waals surface area contributed by atoms with Crippen molar-refractivity contribution in [1.82, 2.24) is 9.78 Å². The number of halogens is 3. The summed E-state index contributed by atoms with van der Waals surface area (Å²) < 4.78 is 28.4. The van der Waals surface area contributed by atoms with Gasteiger partial charge in [-0.1, -0.05) is 0 Å². The Kier molecular flexibility index (Phi) is 6.92. The van der Waals surface area contributed by atoms with Crippen molar-refractivity contribution in [1.29, 1.82) is 0 Å². The Hall–Kier alpha value is -1.71. The van der Waals surface area contributed by atoms with Crippen molar-refractivity contribution in [2.75, 3.05) is 11.9 Å². The Labute approximate surface area is 151 Å². The van der Waals surface area contributed by atoms with Crippen LogP contribution in [0, 0.1) is 25.5 Å². The van der Waals surface area contributed by atoms with E-state index in [0.29, 0.717) is 13.0 Å². The molecule has 0 atom stereocenters. The van der Waals surface area contributed by atoms with Gasteiger partial charge in [0, 0.05) is 25.4 Å². The van der Waals surface area contributed by atoms with E-state index >= 15 is 0 Å². The Morgan fingerprint density at radius 3 is 2.65 bits per heavy atom. The lowest BCUT2D eigenvalue weighted by Gasteiger charge is -2.07. The van der Waals surface area contributed by atoms with Crippen LogP contribution in [0.4, 0.5) is 14.5 Å². The minimum atomic E-state index is -0.585. The Balaban J connectivity index is 0.00000264. The second kappa shape index (κ2) is 8.23. The standard InChI is InChI=1S/C15H19F2N5.HI/c1-9-12(10(2)22(3)21-9)6-7-19-15(18)20-14-8-11(16)4-5-13(14)17;/h4-5,8H,6-7H2,1-3H3,(H3,18,19,20);1H. The molecule has 1 heterocycles. The van der Waals surface area contributed by atoms with E-state index in [2.05, 4.69) is 15.4 Å². The number of aromatic nitrogens is 2. The summed E-state index contributed by atoms with van der Waals surface area (Å²) >= 11 is 0. The molecule has 5 nitrogen and oxygen atoms in total. The number of nitrogens with one attached hydrogen (secondary N) is 1. The number of nitrogens with zero attached hydrogens (tertiary/aromatic N) is 3. The highest BCUT2D eigenvalue weighted by Gasteiger charge is 2.09. The maximum absolute atomic E-state index is 13.5. The molecule has 0 saturated carbocycles. The van der Waals surface area contributed by atoms with E-state index in [4.69, 9.17) is 5.73 Å². The van der Waals surface area contributed by atoms with E-state index in [1.807, 2.05) is 25.6 Å². The van der Waals surface area contributed by atoms with E-state index in [0.717, 1.165) is 35.2 Å². The number of nitrogens with two attached hydrogens (primary N) is 1. The van der Waals surface area contributed by atoms with Crippen LogP contribution in [0.2, 0.25) is 0 Å². The molecule has 0 radical (unpaired) electrons. The van der Waals surface area contributed by atoms with Crippen LogP contribution in [0.5, 0.6) is 0 Å². The van der Waals surface area contributed by atoms with Crippen molar-refractivity contribution in [3.8, 4) is 0 Å². The third-order valence-corrected chi connectivity index (χ3v) is 3.49. The summed E-state index contributed by atoms with van der Waals surface area (Å²) in [6, 6.07) is 3.11. The molecule has 8 heteroatoms. The van der Waals surface area contributed by atoms with Crippen LogP contribution in [-0.4, -0.2) is 22.3 Å². The molecule has 0 fully saturated rings. The van der Waals surface area contributed by atoms with Crippen LogP contribution in [-0.2, 0) is 13.5 Å². The van der Waals surface area contributed by atoms with Gasteiger partial charge in [0.1, 0.15) is 11.6 Å². The summed E-state index contributed by atoms with van der Waals surface area (Å²) in [5, 5.41) is 6.89. The summed E-state index contributed by atoms with van der Waals surface area (Å²) in [5.41, 5.74) is 8.82. The van der Waals surface area contributed by atoms with Crippen molar-refractivity contribution in [3.05, 3.63) is 46.8 Å². The molecule has 0 aliphatic carbocycles. The van der Waals surface area contributed by atoms with Crippen molar-refractivity contribution in [3.63, 3.8) is 0 Å². The summed E-state index contributed by atoms with van der Waals surface area (Å²) in [5.74, 6) is -1.08. The van der Waals surface area contributed by atoms with Crippen LogP contribution in [0.25, 0.3) is 0 Å². The highest BCUT2D eigenvalue weighted by atomic mass is 127. The molecule has 0 saturated heterocycles. The van der Waals surface area contributed by atoms with E-state index in [-0.39, 0.29) is 35.6 Å². The number of hydrogen-bond acceptors (Lipinski definition) is 2. The predicted octanol–water partition coefficient (Wildman–Crippen LogP) is 2.90. The van der Waals surface area contributed by atoms with Gasteiger partial charge >= 0.3 is 0 Å².